The molecule has 0 atom stereocenters. The van der Waals surface area contributed by atoms with Crippen molar-refractivity contribution < 1.29 is 9.59 Å². The highest BCUT2D eigenvalue weighted by Gasteiger charge is 2.11. The highest BCUT2D eigenvalue weighted by Crippen LogP contribution is 2.24. The van der Waals surface area contributed by atoms with Crippen LogP contribution in [0.1, 0.15) is 77.0 Å². The third kappa shape index (κ3) is 7.30. The molecule has 0 amide bonds. The topological polar surface area (TPSA) is 34.1 Å². The lowest BCUT2D eigenvalue weighted by Crippen LogP contribution is -2.06. The Hall–Kier alpha value is -0.660. The number of Topliss-reactive ketones (excluding diaryl/α,β-unsaturated/α-hetero) is 1. The largest absolute Gasteiger partial charge is 0.303 e. The molecule has 1 fully saturated rings. The van der Waals surface area contributed by atoms with Gasteiger partial charge in [0.15, 0.2) is 0 Å². The lowest BCUT2D eigenvalue weighted by molar-refractivity contribution is -0.119. The molecule has 0 aromatic rings. The van der Waals surface area contributed by atoms with E-state index in [2.05, 4.69) is 0 Å². The van der Waals surface area contributed by atoms with E-state index in [1.165, 1.54) is 38.5 Å². The van der Waals surface area contributed by atoms with E-state index >= 15 is 0 Å². The van der Waals surface area contributed by atoms with Gasteiger partial charge in [-0.05, 0) is 25.2 Å². The zero-order valence-corrected chi connectivity index (χ0v) is 11.0. The maximum Gasteiger partial charge on any atom is 0.132 e. The molecule has 0 heterocycles. The van der Waals surface area contributed by atoms with Crippen molar-refractivity contribution in [1.29, 1.82) is 0 Å². The monoisotopic (exact) mass is 238 g/mol. The first-order chi connectivity index (χ1) is 8.33. The van der Waals surface area contributed by atoms with Gasteiger partial charge in [-0.3, -0.25) is 4.79 Å². The SMILES string of the molecule is O=CCCCCC1CCCCC(=O)CCCC1. The molecule has 1 rings (SSSR count). The first-order valence-corrected chi connectivity index (χ1v) is 7.28. The van der Waals surface area contributed by atoms with E-state index in [0.717, 1.165) is 50.7 Å². The maximum atomic E-state index is 11.4. The molecule has 1 aliphatic rings. The summed E-state index contributed by atoms with van der Waals surface area (Å²) >= 11 is 0. The predicted molar refractivity (Wildman–Crippen MR) is 70.0 cm³/mol. The number of rotatable bonds is 5. The molecule has 0 aliphatic heterocycles. The fourth-order valence-corrected chi connectivity index (χ4v) is 2.73. The molecule has 1 saturated carbocycles. The molecule has 1 aliphatic carbocycles. The van der Waals surface area contributed by atoms with Gasteiger partial charge in [-0.25, -0.2) is 0 Å². The third-order valence-corrected chi connectivity index (χ3v) is 3.82. The molecule has 0 unspecified atom stereocenters. The van der Waals surface area contributed by atoms with Gasteiger partial charge >= 0.3 is 0 Å². The first-order valence-electron chi connectivity index (χ1n) is 7.28. The molecule has 0 spiro atoms. The van der Waals surface area contributed by atoms with Gasteiger partial charge in [-0.15, -0.1) is 0 Å². The van der Waals surface area contributed by atoms with Gasteiger partial charge in [0.05, 0.1) is 0 Å². The molecule has 0 saturated heterocycles. The van der Waals surface area contributed by atoms with Crippen molar-refractivity contribution in [3.8, 4) is 0 Å². The smallest absolute Gasteiger partial charge is 0.132 e. The van der Waals surface area contributed by atoms with Gasteiger partial charge in [-0.2, -0.15) is 0 Å². The fraction of sp³-hybridized carbons (Fsp3) is 0.867. The molecule has 17 heavy (non-hydrogen) atoms. The van der Waals surface area contributed by atoms with Crippen LogP contribution in [0, 0.1) is 5.92 Å². The summed E-state index contributed by atoms with van der Waals surface area (Å²) in [5.41, 5.74) is 0. The second-order valence-corrected chi connectivity index (χ2v) is 5.35. The van der Waals surface area contributed by atoms with Crippen LogP contribution in [0.5, 0.6) is 0 Å². The Bertz CT molecular complexity index is 206. The summed E-state index contributed by atoms with van der Waals surface area (Å²) in [6, 6.07) is 0. The third-order valence-electron chi connectivity index (χ3n) is 3.82. The minimum Gasteiger partial charge on any atom is -0.303 e. The molecule has 0 aromatic heterocycles. The summed E-state index contributed by atoms with van der Waals surface area (Å²) in [5.74, 6) is 1.31. The molecule has 0 radical (unpaired) electrons. The highest BCUT2D eigenvalue weighted by molar-refractivity contribution is 5.78. The molecule has 0 N–H and O–H groups in total. The van der Waals surface area contributed by atoms with Crippen LogP contribution in [0.15, 0.2) is 0 Å². The lowest BCUT2D eigenvalue weighted by Gasteiger charge is -2.17. The summed E-state index contributed by atoms with van der Waals surface area (Å²) in [4.78, 5) is 21.6. The van der Waals surface area contributed by atoms with Gasteiger partial charge in [0.25, 0.3) is 0 Å². The zero-order valence-electron chi connectivity index (χ0n) is 11.0. The zero-order chi connectivity index (χ0) is 12.3. The number of hydrogen-bond acceptors (Lipinski definition) is 2. The average Bonchev–Trinajstić information content (AvgIpc) is 2.34. The number of ketones is 1. The van der Waals surface area contributed by atoms with Gasteiger partial charge in [-0.1, -0.05) is 38.5 Å². The van der Waals surface area contributed by atoms with E-state index in [-0.39, 0.29) is 0 Å². The average molecular weight is 238 g/mol. The lowest BCUT2D eigenvalue weighted by atomic mass is 9.88. The Balaban J connectivity index is 2.18. The Morgan fingerprint density at radius 3 is 2.24 bits per heavy atom. The number of hydrogen-bond donors (Lipinski definition) is 0. The van der Waals surface area contributed by atoms with Gasteiger partial charge < -0.3 is 4.79 Å². The summed E-state index contributed by atoms with van der Waals surface area (Å²) in [5, 5.41) is 0. The molecule has 0 aromatic carbocycles. The molecular weight excluding hydrogens is 212 g/mol. The first kappa shape index (κ1) is 14.4. The Morgan fingerprint density at radius 1 is 1.00 bits per heavy atom. The van der Waals surface area contributed by atoms with Crippen LogP contribution < -0.4 is 0 Å². The van der Waals surface area contributed by atoms with E-state index < -0.39 is 0 Å². The molecular formula is C15H26O2. The second kappa shape index (κ2) is 9.38. The summed E-state index contributed by atoms with van der Waals surface area (Å²) < 4.78 is 0. The van der Waals surface area contributed by atoms with E-state index in [4.69, 9.17) is 0 Å². The minimum atomic E-state index is 0.467. The van der Waals surface area contributed by atoms with Crippen molar-refractivity contribution in [2.24, 2.45) is 5.92 Å². The van der Waals surface area contributed by atoms with Crippen molar-refractivity contribution >= 4 is 12.1 Å². The summed E-state index contributed by atoms with van der Waals surface area (Å²) in [6.45, 7) is 0. The van der Waals surface area contributed by atoms with Crippen LogP contribution in [-0.2, 0) is 9.59 Å². The number of aldehydes is 1. The van der Waals surface area contributed by atoms with Crippen molar-refractivity contribution in [2.75, 3.05) is 0 Å². The number of carbonyl (C=O) groups excluding carboxylic acids is 2. The molecule has 0 bridgehead atoms. The van der Waals surface area contributed by atoms with Crippen molar-refractivity contribution in [3.05, 3.63) is 0 Å². The van der Waals surface area contributed by atoms with Gasteiger partial charge in [0.1, 0.15) is 12.1 Å². The van der Waals surface area contributed by atoms with E-state index in [9.17, 15) is 9.59 Å². The minimum absolute atomic E-state index is 0.467. The number of carbonyl (C=O) groups is 2. The van der Waals surface area contributed by atoms with Crippen LogP contribution in [0.25, 0.3) is 0 Å². The van der Waals surface area contributed by atoms with Crippen molar-refractivity contribution in [3.63, 3.8) is 0 Å². The molecule has 98 valence electrons. The van der Waals surface area contributed by atoms with Gasteiger partial charge in [0.2, 0.25) is 0 Å². The van der Waals surface area contributed by atoms with Crippen LogP contribution in [0.3, 0.4) is 0 Å². The Morgan fingerprint density at radius 2 is 1.65 bits per heavy atom. The second-order valence-electron chi connectivity index (χ2n) is 5.35. The van der Waals surface area contributed by atoms with Crippen LogP contribution >= 0.6 is 0 Å². The van der Waals surface area contributed by atoms with Crippen molar-refractivity contribution in [1.82, 2.24) is 0 Å². The molecule has 2 nitrogen and oxygen atoms in total. The van der Waals surface area contributed by atoms with Crippen LogP contribution in [0.2, 0.25) is 0 Å². The Kier molecular flexibility index (Phi) is 7.94. The summed E-state index contributed by atoms with van der Waals surface area (Å²) in [6.07, 6.45) is 14.1. The van der Waals surface area contributed by atoms with Crippen LogP contribution in [-0.4, -0.2) is 12.1 Å². The van der Waals surface area contributed by atoms with E-state index in [1.54, 1.807) is 0 Å². The Labute approximate surface area is 105 Å². The molecule has 2 heteroatoms. The standard InChI is InChI=1S/C15H26O2/c16-13-7-1-2-8-14-9-3-5-11-15(17)12-6-4-10-14/h13-14H,1-12H2. The number of unbranched alkanes of at least 4 members (excludes halogenated alkanes) is 2. The summed E-state index contributed by atoms with van der Waals surface area (Å²) in [7, 11) is 0. The van der Waals surface area contributed by atoms with Gasteiger partial charge in [0, 0.05) is 19.3 Å². The van der Waals surface area contributed by atoms with Crippen LogP contribution in [0.4, 0.5) is 0 Å². The normalized spacial score (nSPS) is 20.1. The fourth-order valence-electron chi connectivity index (χ4n) is 2.73. The highest BCUT2D eigenvalue weighted by atomic mass is 16.1. The van der Waals surface area contributed by atoms with E-state index in [1.807, 2.05) is 0 Å². The maximum absolute atomic E-state index is 11.4. The van der Waals surface area contributed by atoms with Crippen molar-refractivity contribution in [2.45, 2.75) is 77.0 Å². The van der Waals surface area contributed by atoms with E-state index in [0.29, 0.717) is 5.78 Å². The quantitative estimate of drug-likeness (QED) is 0.534. The predicted octanol–water partition coefficient (Wildman–Crippen LogP) is 4.07.